The molecule has 82 valence electrons. The molecule has 0 aromatic carbocycles. The molecule has 0 amide bonds. The summed E-state index contributed by atoms with van der Waals surface area (Å²) in [5.74, 6) is -0.878. The number of aromatic nitrogens is 1. The van der Waals surface area contributed by atoms with Gasteiger partial charge in [0, 0.05) is 0 Å². The molecule has 4 N–H and O–H groups in total. The SMILES string of the molecule is C=CC(=O)c1cc(C(=O)C=C)c(N)nc1N. The van der Waals surface area contributed by atoms with Gasteiger partial charge >= 0.3 is 0 Å². The highest BCUT2D eigenvalue weighted by Gasteiger charge is 2.15. The van der Waals surface area contributed by atoms with Crippen LogP contribution in [0.25, 0.3) is 0 Å². The number of carbonyl (C=O) groups excluding carboxylic acids is 2. The standard InChI is InChI=1S/C11H11N3O2/c1-3-8(15)6-5-7(9(16)4-2)11(13)14-10(6)12/h3-5H,1-2H2,(H4,12,13,14). The maximum absolute atomic E-state index is 11.4. The Kier molecular flexibility index (Phi) is 3.20. The van der Waals surface area contributed by atoms with E-state index < -0.39 is 11.6 Å². The van der Waals surface area contributed by atoms with Gasteiger partial charge in [-0.2, -0.15) is 0 Å². The van der Waals surface area contributed by atoms with Gasteiger partial charge in [-0.15, -0.1) is 0 Å². The minimum atomic E-state index is -0.414. The normalized spacial score (nSPS) is 9.50. The van der Waals surface area contributed by atoms with E-state index in [4.69, 9.17) is 11.5 Å². The first-order valence-corrected chi connectivity index (χ1v) is 4.40. The van der Waals surface area contributed by atoms with E-state index in [1.165, 1.54) is 6.07 Å². The second-order valence-corrected chi connectivity index (χ2v) is 2.99. The molecule has 1 heterocycles. The van der Waals surface area contributed by atoms with Gasteiger partial charge in [0.25, 0.3) is 0 Å². The van der Waals surface area contributed by atoms with Crippen LogP contribution in [0.5, 0.6) is 0 Å². The van der Waals surface area contributed by atoms with Gasteiger partial charge < -0.3 is 11.5 Å². The molecule has 0 unspecified atom stereocenters. The van der Waals surface area contributed by atoms with Gasteiger partial charge in [0.2, 0.25) is 0 Å². The van der Waals surface area contributed by atoms with Crippen molar-refractivity contribution >= 4 is 23.2 Å². The third kappa shape index (κ3) is 1.98. The number of nitrogen functional groups attached to an aromatic ring is 2. The Morgan fingerprint density at radius 3 is 1.75 bits per heavy atom. The van der Waals surface area contributed by atoms with Crippen molar-refractivity contribution in [3.63, 3.8) is 0 Å². The molecule has 5 nitrogen and oxygen atoms in total. The molecule has 0 fully saturated rings. The molecule has 0 atom stereocenters. The molecule has 0 radical (unpaired) electrons. The lowest BCUT2D eigenvalue weighted by Crippen LogP contribution is -2.10. The van der Waals surface area contributed by atoms with Gasteiger partial charge in [0.15, 0.2) is 11.6 Å². The number of hydrogen-bond donors (Lipinski definition) is 2. The van der Waals surface area contributed by atoms with E-state index in [0.717, 1.165) is 12.2 Å². The summed E-state index contributed by atoms with van der Waals surface area (Å²) >= 11 is 0. The summed E-state index contributed by atoms with van der Waals surface area (Å²) in [6.45, 7) is 6.65. The highest BCUT2D eigenvalue weighted by molar-refractivity contribution is 6.12. The fourth-order valence-corrected chi connectivity index (χ4v) is 1.16. The number of allylic oxidation sites excluding steroid dienone is 2. The Bertz CT molecular complexity index is 451. The van der Waals surface area contributed by atoms with Crippen LogP contribution >= 0.6 is 0 Å². The van der Waals surface area contributed by atoms with Gasteiger partial charge in [0.05, 0.1) is 11.1 Å². The van der Waals surface area contributed by atoms with E-state index in [1.807, 2.05) is 0 Å². The Labute approximate surface area is 92.5 Å². The van der Waals surface area contributed by atoms with Crippen LogP contribution in [-0.4, -0.2) is 16.6 Å². The lowest BCUT2D eigenvalue weighted by molar-refractivity contribution is 0.104. The number of hydrogen-bond acceptors (Lipinski definition) is 5. The summed E-state index contributed by atoms with van der Waals surface area (Å²) in [5.41, 5.74) is 11.2. The zero-order chi connectivity index (χ0) is 12.3. The predicted octanol–water partition coefficient (Wildman–Crippen LogP) is 0.983. The molecule has 0 aliphatic carbocycles. The zero-order valence-corrected chi connectivity index (χ0v) is 8.56. The number of pyridine rings is 1. The van der Waals surface area contributed by atoms with Crippen LogP contribution in [0.1, 0.15) is 20.7 Å². The molecule has 0 spiro atoms. The fourth-order valence-electron chi connectivity index (χ4n) is 1.16. The van der Waals surface area contributed by atoms with Crippen LogP contribution in [0.2, 0.25) is 0 Å². The van der Waals surface area contributed by atoms with Crippen molar-refractivity contribution in [1.82, 2.24) is 4.98 Å². The topological polar surface area (TPSA) is 99.1 Å². The van der Waals surface area contributed by atoms with E-state index in [9.17, 15) is 9.59 Å². The van der Waals surface area contributed by atoms with Crippen molar-refractivity contribution in [2.45, 2.75) is 0 Å². The monoisotopic (exact) mass is 217 g/mol. The van der Waals surface area contributed by atoms with Crippen LogP contribution in [0.3, 0.4) is 0 Å². The van der Waals surface area contributed by atoms with Crippen molar-refractivity contribution in [1.29, 1.82) is 0 Å². The molecule has 5 heteroatoms. The first-order valence-electron chi connectivity index (χ1n) is 4.40. The molecule has 0 aliphatic heterocycles. The smallest absolute Gasteiger partial charge is 0.188 e. The molecular formula is C11H11N3O2. The third-order valence-electron chi connectivity index (χ3n) is 1.98. The molecule has 1 rings (SSSR count). The van der Waals surface area contributed by atoms with Crippen molar-refractivity contribution in [3.05, 3.63) is 42.5 Å². The summed E-state index contributed by atoms with van der Waals surface area (Å²) in [4.78, 5) is 26.5. The Morgan fingerprint density at radius 1 is 1.06 bits per heavy atom. The number of nitrogens with two attached hydrogens (primary N) is 2. The average Bonchev–Trinajstić information content (AvgIpc) is 2.27. The van der Waals surface area contributed by atoms with Gasteiger partial charge in [0.1, 0.15) is 11.6 Å². The summed E-state index contributed by atoms with van der Waals surface area (Å²) in [7, 11) is 0. The van der Waals surface area contributed by atoms with Crippen molar-refractivity contribution in [2.75, 3.05) is 11.5 Å². The molecule has 0 aliphatic rings. The maximum atomic E-state index is 11.4. The van der Waals surface area contributed by atoms with Crippen molar-refractivity contribution in [2.24, 2.45) is 0 Å². The summed E-state index contributed by atoms with van der Waals surface area (Å²) < 4.78 is 0. The summed E-state index contributed by atoms with van der Waals surface area (Å²) in [6.07, 6.45) is 2.18. The first kappa shape index (κ1) is 11.6. The van der Waals surface area contributed by atoms with Crippen LogP contribution in [0, 0.1) is 0 Å². The molecule has 16 heavy (non-hydrogen) atoms. The van der Waals surface area contributed by atoms with E-state index >= 15 is 0 Å². The van der Waals surface area contributed by atoms with E-state index in [-0.39, 0.29) is 22.8 Å². The second-order valence-electron chi connectivity index (χ2n) is 2.99. The van der Waals surface area contributed by atoms with Gasteiger partial charge in [-0.25, -0.2) is 4.98 Å². The molecule has 0 bridgehead atoms. The lowest BCUT2D eigenvalue weighted by atomic mass is 10.1. The number of ketones is 2. The van der Waals surface area contributed by atoms with Crippen LogP contribution < -0.4 is 11.5 Å². The zero-order valence-electron chi connectivity index (χ0n) is 8.56. The first-order chi connectivity index (χ1) is 7.51. The van der Waals surface area contributed by atoms with Crippen LogP contribution in [0.15, 0.2) is 31.4 Å². The second kappa shape index (κ2) is 4.39. The molecule has 0 saturated carbocycles. The van der Waals surface area contributed by atoms with E-state index in [1.54, 1.807) is 0 Å². The molecule has 1 aromatic heterocycles. The maximum Gasteiger partial charge on any atom is 0.188 e. The van der Waals surface area contributed by atoms with E-state index in [2.05, 4.69) is 18.1 Å². The fraction of sp³-hybridized carbons (Fsp3) is 0. The summed E-state index contributed by atoms with van der Waals surface area (Å²) in [6, 6.07) is 1.30. The number of anilines is 2. The highest BCUT2D eigenvalue weighted by atomic mass is 16.1. The molecule has 1 aromatic rings. The predicted molar refractivity (Wildman–Crippen MR) is 62.1 cm³/mol. The quantitative estimate of drug-likeness (QED) is 0.578. The van der Waals surface area contributed by atoms with Crippen LogP contribution in [0.4, 0.5) is 11.6 Å². The van der Waals surface area contributed by atoms with Crippen LogP contribution in [-0.2, 0) is 0 Å². The highest BCUT2D eigenvalue weighted by Crippen LogP contribution is 2.18. The van der Waals surface area contributed by atoms with Crippen molar-refractivity contribution < 1.29 is 9.59 Å². The largest absolute Gasteiger partial charge is 0.383 e. The minimum Gasteiger partial charge on any atom is -0.383 e. The number of carbonyl (C=O) groups is 2. The van der Waals surface area contributed by atoms with Gasteiger partial charge in [-0.1, -0.05) is 13.2 Å². The summed E-state index contributed by atoms with van der Waals surface area (Å²) in [5, 5.41) is 0. The molecule has 0 saturated heterocycles. The Balaban J connectivity index is 3.43. The van der Waals surface area contributed by atoms with E-state index in [0.29, 0.717) is 0 Å². The lowest BCUT2D eigenvalue weighted by Gasteiger charge is -2.06. The molecular weight excluding hydrogens is 206 g/mol. The van der Waals surface area contributed by atoms with Crippen molar-refractivity contribution in [3.8, 4) is 0 Å². The number of rotatable bonds is 4. The van der Waals surface area contributed by atoms with Gasteiger partial charge in [-0.3, -0.25) is 9.59 Å². The van der Waals surface area contributed by atoms with Gasteiger partial charge in [-0.05, 0) is 18.2 Å². The number of nitrogens with zero attached hydrogens (tertiary/aromatic N) is 1. The minimum absolute atomic E-state index is 0.0250. The third-order valence-corrected chi connectivity index (χ3v) is 1.98. The Hall–Kier alpha value is -2.43. The average molecular weight is 217 g/mol. The Morgan fingerprint density at radius 2 is 1.44 bits per heavy atom.